The third kappa shape index (κ3) is 7.12. The van der Waals surface area contributed by atoms with E-state index in [1.807, 2.05) is 64.3 Å². The van der Waals surface area contributed by atoms with Crippen LogP contribution in [0.1, 0.15) is 76.2 Å². The van der Waals surface area contributed by atoms with E-state index in [0.29, 0.717) is 31.6 Å². The summed E-state index contributed by atoms with van der Waals surface area (Å²) in [7, 11) is 1.69. The Morgan fingerprint density at radius 3 is 2.57 bits per heavy atom. The number of rotatable bonds is 8. The number of likely N-dealkylation sites (tertiary alicyclic amines) is 1. The molecule has 2 aromatic rings. The summed E-state index contributed by atoms with van der Waals surface area (Å²) in [6.45, 7) is 13.8. The quantitative estimate of drug-likeness (QED) is 0.465. The van der Waals surface area contributed by atoms with Crippen LogP contribution in [0, 0.1) is 6.92 Å². The van der Waals surface area contributed by atoms with Gasteiger partial charge >= 0.3 is 6.09 Å². The molecule has 204 valence electrons. The second kappa shape index (κ2) is 12.1. The number of aromatic nitrogens is 1. The number of methoxy groups -OCH3 is 1. The topological polar surface area (TPSA) is 81.1 Å². The van der Waals surface area contributed by atoms with Gasteiger partial charge in [0.05, 0.1) is 11.6 Å². The van der Waals surface area contributed by atoms with Gasteiger partial charge in [0.25, 0.3) is 5.91 Å². The monoisotopic (exact) mass is 513 g/mol. The lowest BCUT2D eigenvalue weighted by molar-refractivity contribution is 0.00748. The van der Waals surface area contributed by atoms with Gasteiger partial charge in [-0.25, -0.2) is 4.79 Å². The molecule has 37 heavy (non-hydrogen) atoms. The molecule has 1 atom stereocenters. The van der Waals surface area contributed by atoms with E-state index in [0.717, 1.165) is 36.8 Å². The molecule has 1 aromatic heterocycles. The van der Waals surface area contributed by atoms with Gasteiger partial charge in [0, 0.05) is 51.0 Å². The summed E-state index contributed by atoms with van der Waals surface area (Å²) in [5.41, 5.74) is 1.23. The van der Waals surface area contributed by atoms with Crippen LogP contribution in [0.5, 0.6) is 0 Å². The molecule has 0 bridgehead atoms. The zero-order chi connectivity index (χ0) is 27.3. The van der Waals surface area contributed by atoms with Crippen molar-refractivity contribution < 1.29 is 19.1 Å². The predicted molar refractivity (Wildman–Crippen MR) is 146 cm³/mol. The van der Waals surface area contributed by atoms with Crippen LogP contribution in [0.4, 0.5) is 4.79 Å². The Balaban J connectivity index is 1.95. The van der Waals surface area contributed by atoms with Gasteiger partial charge in [0.15, 0.2) is 0 Å². The van der Waals surface area contributed by atoms with Crippen LogP contribution in [-0.2, 0) is 16.0 Å². The average Bonchev–Trinajstić information content (AvgIpc) is 2.82. The van der Waals surface area contributed by atoms with E-state index in [4.69, 9.17) is 9.47 Å². The number of hydrogen-bond acceptors (Lipinski definition) is 5. The van der Waals surface area contributed by atoms with E-state index < -0.39 is 5.60 Å². The van der Waals surface area contributed by atoms with E-state index in [9.17, 15) is 14.4 Å². The lowest BCUT2D eigenvalue weighted by Crippen LogP contribution is -2.55. The number of ether oxygens (including phenoxy) is 2. The molecule has 1 saturated heterocycles. The first kappa shape index (κ1) is 28.7. The highest BCUT2D eigenvalue weighted by molar-refractivity contribution is 5.97. The van der Waals surface area contributed by atoms with Gasteiger partial charge in [-0.15, -0.1) is 0 Å². The molecule has 1 fully saturated rings. The van der Waals surface area contributed by atoms with Crippen LogP contribution in [0.25, 0.3) is 10.9 Å². The molecule has 1 aliphatic heterocycles. The average molecular weight is 514 g/mol. The number of aryl methyl sites for hydroxylation is 2. The minimum Gasteiger partial charge on any atom is -0.444 e. The number of piperidine rings is 1. The Labute approximate surface area is 220 Å². The second-order valence-corrected chi connectivity index (χ2v) is 11.3. The molecule has 0 aliphatic carbocycles. The molecule has 0 unspecified atom stereocenters. The molecule has 0 N–H and O–H groups in total. The first-order valence-electron chi connectivity index (χ1n) is 13.4. The van der Waals surface area contributed by atoms with Crippen molar-refractivity contribution in [3.63, 3.8) is 0 Å². The minimum absolute atomic E-state index is 0.139. The van der Waals surface area contributed by atoms with Gasteiger partial charge in [-0.1, -0.05) is 6.07 Å². The molecule has 1 aliphatic rings. The number of fused-ring (bicyclic) bond motifs is 1. The maximum absolute atomic E-state index is 14.0. The van der Waals surface area contributed by atoms with Crippen molar-refractivity contribution in [1.29, 1.82) is 0 Å². The van der Waals surface area contributed by atoms with Crippen molar-refractivity contribution in [3.8, 4) is 0 Å². The Morgan fingerprint density at radius 2 is 1.92 bits per heavy atom. The number of benzene rings is 1. The number of unbranched alkanes of at least 4 members (excludes halogenated alkanes) is 1. The van der Waals surface area contributed by atoms with Gasteiger partial charge in [0.1, 0.15) is 11.2 Å². The number of hydrogen-bond donors (Lipinski definition) is 0. The SMILES string of the molecule is COCCCCn1cc(C(=O)N(C(C)C)[C@@H]2CCCN(C(=O)OC(C)(C)C)C2)c(=O)c2ccc(C)cc21. The Hall–Kier alpha value is -2.87. The lowest BCUT2D eigenvalue weighted by atomic mass is 10.0. The van der Waals surface area contributed by atoms with E-state index in [1.165, 1.54) is 0 Å². The normalized spacial score (nSPS) is 16.3. The van der Waals surface area contributed by atoms with E-state index >= 15 is 0 Å². The molecular weight excluding hydrogens is 470 g/mol. The van der Waals surface area contributed by atoms with Crippen LogP contribution >= 0.6 is 0 Å². The standard InChI is InChI=1S/C29H43N3O5/c1-20(2)32(22-11-10-15-31(18-22)28(35)37-29(4,5)6)27(34)24-19-30(14-8-9-16-36-7)25-17-21(3)12-13-23(25)26(24)33/h12-13,17,19-20,22H,8-11,14-16,18H2,1-7H3/t22-/m1/s1. The van der Waals surface area contributed by atoms with E-state index in [1.54, 1.807) is 23.1 Å². The highest BCUT2D eigenvalue weighted by Crippen LogP contribution is 2.23. The third-order valence-corrected chi connectivity index (χ3v) is 6.70. The van der Waals surface area contributed by atoms with Crippen LogP contribution in [-0.4, -0.2) is 70.9 Å². The second-order valence-electron chi connectivity index (χ2n) is 11.3. The molecule has 0 radical (unpaired) electrons. The van der Waals surface area contributed by atoms with Crippen molar-refractivity contribution >= 4 is 22.9 Å². The van der Waals surface area contributed by atoms with Crippen LogP contribution in [0.15, 0.2) is 29.2 Å². The Morgan fingerprint density at radius 1 is 1.19 bits per heavy atom. The van der Waals surface area contributed by atoms with Crippen LogP contribution < -0.4 is 5.43 Å². The number of carbonyl (C=O) groups excluding carboxylic acids is 2. The maximum Gasteiger partial charge on any atom is 0.410 e. The van der Waals surface area contributed by atoms with Crippen molar-refractivity contribution in [3.05, 3.63) is 45.7 Å². The van der Waals surface area contributed by atoms with Crippen molar-refractivity contribution in [2.24, 2.45) is 0 Å². The summed E-state index contributed by atoms with van der Waals surface area (Å²) in [5.74, 6) is -0.288. The summed E-state index contributed by atoms with van der Waals surface area (Å²) in [5, 5.41) is 0.547. The molecule has 3 rings (SSSR count). The van der Waals surface area contributed by atoms with Crippen LogP contribution in [0.3, 0.4) is 0 Å². The summed E-state index contributed by atoms with van der Waals surface area (Å²) < 4.78 is 12.8. The molecule has 2 amide bonds. The molecule has 8 heteroatoms. The van der Waals surface area contributed by atoms with Gasteiger partial charge < -0.3 is 23.8 Å². The van der Waals surface area contributed by atoms with Gasteiger partial charge in [0.2, 0.25) is 5.43 Å². The fraction of sp³-hybridized carbons (Fsp3) is 0.621. The van der Waals surface area contributed by atoms with Crippen LogP contribution in [0.2, 0.25) is 0 Å². The highest BCUT2D eigenvalue weighted by Gasteiger charge is 2.35. The number of pyridine rings is 1. The minimum atomic E-state index is -0.588. The summed E-state index contributed by atoms with van der Waals surface area (Å²) in [6, 6.07) is 5.39. The summed E-state index contributed by atoms with van der Waals surface area (Å²) in [6.07, 6.45) is 4.65. The largest absolute Gasteiger partial charge is 0.444 e. The molecular formula is C29H43N3O5. The van der Waals surface area contributed by atoms with Crippen molar-refractivity contribution in [1.82, 2.24) is 14.4 Å². The molecule has 8 nitrogen and oxygen atoms in total. The smallest absolute Gasteiger partial charge is 0.410 e. The third-order valence-electron chi connectivity index (χ3n) is 6.70. The van der Waals surface area contributed by atoms with Gasteiger partial charge in [-0.2, -0.15) is 0 Å². The Bertz CT molecular complexity index is 1160. The molecule has 0 spiro atoms. The lowest BCUT2D eigenvalue weighted by Gasteiger charge is -2.41. The number of nitrogens with zero attached hydrogens (tertiary/aromatic N) is 3. The number of carbonyl (C=O) groups is 2. The first-order valence-corrected chi connectivity index (χ1v) is 13.4. The predicted octanol–water partition coefficient (Wildman–Crippen LogP) is 4.99. The van der Waals surface area contributed by atoms with Gasteiger partial charge in [-0.3, -0.25) is 9.59 Å². The maximum atomic E-state index is 14.0. The fourth-order valence-corrected chi connectivity index (χ4v) is 5.00. The molecule has 0 saturated carbocycles. The molecule has 1 aromatic carbocycles. The Kier molecular flexibility index (Phi) is 9.40. The van der Waals surface area contributed by atoms with Crippen molar-refractivity contribution in [2.75, 3.05) is 26.8 Å². The first-order chi connectivity index (χ1) is 17.4. The van der Waals surface area contributed by atoms with E-state index in [2.05, 4.69) is 0 Å². The van der Waals surface area contributed by atoms with Gasteiger partial charge in [-0.05, 0) is 84.9 Å². The zero-order valence-electron chi connectivity index (χ0n) is 23.5. The highest BCUT2D eigenvalue weighted by atomic mass is 16.6. The number of amides is 2. The fourth-order valence-electron chi connectivity index (χ4n) is 5.00. The summed E-state index contributed by atoms with van der Waals surface area (Å²) >= 11 is 0. The zero-order valence-corrected chi connectivity index (χ0v) is 23.5. The summed E-state index contributed by atoms with van der Waals surface area (Å²) in [4.78, 5) is 43.8. The molecule has 2 heterocycles. The van der Waals surface area contributed by atoms with E-state index in [-0.39, 0.29) is 35.1 Å². The van der Waals surface area contributed by atoms with Crippen molar-refractivity contribution in [2.45, 2.75) is 91.5 Å².